The Labute approximate surface area is 125 Å². The van der Waals surface area contributed by atoms with Gasteiger partial charge in [-0.25, -0.2) is 4.39 Å². The normalized spacial score (nSPS) is 18.9. The fourth-order valence-electron chi connectivity index (χ4n) is 2.91. The van der Waals surface area contributed by atoms with Crippen LogP contribution in [0.2, 0.25) is 0 Å². The largest absolute Gasteiger partial charge is 0.381 e. The van der Waals surface area contributed by atoms with Crippen LogP contribution in [0.4, 0.5) is 10.1 Å². The Morgan fingerprint density at radius 3 is 2.76 bits per heavy atom. The van der Waals surface area contributed by atoms with Gasteiger partial charge in [0.2, 0.25) is 0 Å². The second-order valence-electron chi connectivity index (χ2n) is 5.81. The van der Waals surface area contributed by atoms with E-state index in [2.05, 4.69) is 40.5 Å². The molecule has 1 aliphatic heterocycles. The van der Waals surface area contributed by atoms with Crippen molar-refractivity contribution in [1.29, 1.82) is 0 Å². The number of likely N-dealkylation sites (tertiary alicyclic amines) is 1. The van der Waals surface area contributed by atoms with Crippen molar-refractivity contribution in [1.82, 2.24) is 4.90 Å². The van der Waals surface area contributed by atoms with Crippen LogP contribution in [-0.4, -0.2) is 24.0 Å². The van der Waals surface area contributed by atoms with E-state index in [4.69, 9.17) is 0 Å². The van der Waals surface area contributed by atoms with E-state index in [0.29, 0.717) is 11.6 Å². The van der Waals surface area contributed by atoms with Crippen molar-refractivity contribution in [2.75, 3.05) is 18.4 Å². The molecule has 1 N–H and O–H groups in total. The first-order valence-electron chi connectivity index (χ1n) is 7.50. The van der Waals surface area contributed by atoms with Crippen LogP contribution >= 0.6 is 0 Å². The molecule has 0 spiro atoms. The molecule has 0 aromatic heterocycles. The zero-order valence-corrected chi connectivity index (χ0v) is 12.3. The maximum Gasteiger partial charge on any atom is 0.126 e. The molecule has 21 heavy (non-hydrogen) atoms. The lowest BCUT2D eigenvalue weighted by atomic mass is 10.2. The van der Waals surface area contributed by atoms with Crippen molar-refractivity contribution >= 4 is 5.69 Å². The third-order valence-corrected chi connectivity index (χ3v) is 4.05. The minimum atomic E-state index is -0.141. The van der Waals surface area contributed by atoms with Crippen molar-refractivity contribution in [3.8, 4) is 0 Å². The summed E-state index contributed by atoms with van der Waals surface area (Å²) < 4.78 is 13.3. The summed E-state index contributed by atoms with van der Waals surface area (Å²) in [4.78, 5) is 2.46. The average Bonchev–Trinajstić information content (AvgIpc) is 2.91. The quantitative estimate of drug-likeness (QED) is 0.918. The van der Waals surface area contributed by atoms with Crippen LogP contribution in [-0.2, 0) is 6.54 Å². The molecule has 3 heteroatoms. The molecule has 2 nitrogen and oxygen atoms in total. The Morgan fingerprint density at radius 2 is 2.00 bits per heavy atom. The number of hydrogen-bond donors (Lipinski definition) is 1. The molecule has 0 aliphatic carbocycles. The highest BCUT2D eigenvalue weighted by Crippen LogP contribution is 2.19. The van der Waals surface area contributed by atoms with Crippen molar-refractivity contribution < 1.29 is 4.39 Å². The van der Waals surface area contributed by atoms with Gasteiger partial charge in [0.1, 0.15) is 5.82 Å². The van der Waals surface area contributed by atoms with Crippen molar-refractivity contribution in [2.24, 2.45) is 0 Å². The summed E-state index contributed by atoms with van der Waals surface area (Å²) >= 11 is 0. The van der Waals surface area contributed by atoms with E-state index < -0.39 is 0 Å². The fraction of sp³-hybridized carbons (Fsp3) is 0.333. The van der Waals surface area contributed by atoms with Crippen molar-refractivity contribution in [3.63, 3.8) is 0 Å². The van der Waals surface area contributed by atoms with Gasteiger partial charge in [0.25, 0.3) is 0 Å². The van der Waals surface area contributed by atoms with Crippen LogP contribution in [0.15, 0.2) is 48.5 Å². The zero-order chi connectivity index (χ0) is 14.7. The number of anilines is 1. The number of rotatable bonds is 4. The summed E-state index contributed by atoms with van der Waals surface area (Å²) in [6, 6.07) is 16.2. The van der Waals surface area contributed by atoms with E-state index in [1.54, 1.807) is 6.92 Å². The number of benzene rings is 2. The molecule has 1 heterocycles. The molecule has 1 atom stereocenters. The van der Waals surface area contributed by atoms with Crippen LogP contribution < -0.4 is 5.32 Å². The lowest BCUT2D eigenvalue weighted by Crippen LogP contribution is -2.26. The predicted octanol–water partition coefficient (Wildman–Crippen LogP) is 3.82. The molecule has 0 saturated carbocycles. The molecule has 0 amide bonds. The highest BCUT2D eigenvalue weighted by atomic mass is 19.1. The summed E-state index contributed by atoms with van der Waals surface area (Å²) in [5.74, 6) is -0.141. The topological polar surface area (TPSA) is 15.3 Å². The van der Waals surface area contributed by atoms with Crippen LogP contribution in [0.1, 0.15) is 17.5 Å². The van der Waals surface area contributed by atoms with Gasteiger partial charge in [-0.15, -0.1) is 0 Å². The van der Waals surface area contributed by atoms with E-state index in [-0.39, 0.29) is 5.82 Å². The molecule has 1 saturated heterocycles. The van der Waals surface area contributed by atoms with Crippen LogP contribution in [0.3, 0.4) is 0 Å². The lowest BCUT2D eigenvalue weighted by Gasteiger charge is -2.17. The summed E-state index contributed by atoms with van der Waals surface area (Å²) in [7, 11) is 0. The second kappa shape index (κ2) is 6.27. The van der Waals surface area contributed by atoms with Gasteiger partial charge in [0.05, 0.1) is 0 Å². The molecule has 2 aromatic carbocycles. The molecular weight excluding hydrogens is 263 g/mol. The van der Waals surface area contributed by atoms with E-state index in [9.17, 15) is 4.39 Å². The smallest absolute Gasteiger partial charge is 0.126 e. The number of aryl methyl sites for hydroxylation is 1. The van der Waals surface area contributed by atoms with Crippen LogP contribution in [0, 0.1) is 12.7 Å². The number of nitrogens with one attached hydrogen (secondary N) is 1. The maximum absolute atomic E-state index is 13.3. The Kier molecular flexibility index (Phi) is 4.20. The minimum absolute atomic E-state index is 0.141. The standard InChI is InChI=1S/C18H21FN2/c1-14-11-16(7-8-18(14)19)20-17-9-10-21(13-17)12-15-5-3-2-4-6-15/h2-8,11,17,20H,9-10,12-13H2,1H3. The molecule has 1 aliphatic rings. The van der Waals surface area contributed by atoms with Gasteiger partial charge in [-0.3, -0.25) is 4.90 Å². The van der Waals surface area contributed by atoms with Gasteiger partial charge >= 0.3 is 0 Å². The van der Waals surface area contributed by atoms with Gasteiger partial charge in [-0.05, 0) is 42.7 Å². The van der Waals surface area contributed by atoms with E-state index in [1.165, 1.54) is 11.6 Å². The molecule has 110 valence electrons. The second-order valence-corrected chi connectivity index (χ2v) is 5.81. The van der Waals surface area contributed by atoms with E-state index >= 15 is 0 Å². The lowest BCUT2D eigenvalue weighted by molar-refractivity contribution is 0.328. The van der Waals surface area contributed by atoms with E-state index in [1.807, 2.05) is 12.1 Å². The van der Waals surface area contributed by atoms with Gasteiger partial charge in [-0.1, -0.05) is 30.3 Å². The summed E-state index contributed by atoms with van der Waals surface area (Å²) in [5, 5.41) is 3.52. The van der Waals surface area contributed by atoms with Gasteiger partial charge < -0.3 is 5.32 Å². The fourth-order valence-corrected chi connectivity index (χ4v) is 2.91. The molecule has 1 unspecified atom stereocenters. The minimum Gasteiger partial charge on any atom is -0.381 e. The molecule has 1 fully saturated rings. The number of hydrogen-bond acceptors (Lipinski definition) is 2. The van der Waals surface area contributed by atoms with Gasteiger partial charge in [-0.2, -0.15) is 0 Å². The van der Waals surface area contributed by atoms with Gasteiger partial charge in [0.15, 0.2) is 0 Å². The number of halogens is 1. The highest BCUT2D eigenvalue weighted by Gasteiger charge is 2.22. The summed E-state index contributed by atoms with van der Waals surface area (Å²) in [5.41, 5.74) is 3.07. The summed E-state index contributed by atoms with van der Waals surface area (Å²) in [6.45, 7) is 4.94. The molecule has 0 bridgehead atoms. The first-order valence-corrected chi connectivity index (χ1v) is 7.50. The molecule has 3 rings (SSSR count). The first kappa shape index (κ1) is 14.1. The first-order chi connectivity index (χ1) is 10.2. The van der Waals surface area contributed by atoms with Crippen LogP contribution in [0.5, 0.6) is 0 Å². The van der Waals surface area contributed by atoms with Crippen molar-refractivity contribution in [2.45, 2.75) is 25.9 Å². The molecule has 0 radical (unpaired) electrons. The third-order valence-electron chi connectivity index (χ3n) is 4.05. The Bertz CT molecular complexity index is 597. The third kappa shape index (κ3) is 3.61. The van der Waals surface area contributed by atoms with Crippen LogP contribution in [0.25, 0.3) is 0 Å². The molecule has 2 aromatic rings. The Morgan fingerprint density at radius 1 is 1.19 bits per heavy atom. The van der Waals surface area contributed by atoms with Crippen molar-refractivity contribution in [3.05, 3.63) is 65.5 Å². The highest BCUT2D eigenvalue weighted by molar-refractivity contribution is 5.47. The SMILES string of the molecule is Cc1cc(NC2CCN(Cc3ccccc3)C2)ccc1F. The summed E-state index contributed by atoms with van der Waals surface area (Å²) in [6.07, 6.45) is 1.13. The molecular formula is C18H21FN2. The Balaban J connectivity index is 1.56. The average molecular weight is 284 g/mol. The number of nitrogens with zero attached hydrogens (tertiary/aromatic N) is 1. The zero-order valence-electron chi connectivity index (χ0n) is 12.3. The predicted molar refractivity (Wildman–Crippen MR) is 84.9 cm³/mol. The van der Waals surface area contributed by atoms with E-state index in [0.717, 1.165) is 31.7 Å². The Hall–Kier alpha value is -1.87. The maximum atomic E-state index is 13.3. The van der Waals surface area contributed by atoms with Gasteiger partial charge in [0, 0.05) is 31.4 Å². The monoisotopic (exact) mass is 284 g/mol.